The van der Waals surface area contributed by atoms with E-state index in [1.807, 2.05) is 12.1 Å². The molecule has 0 unspecified atom stereocenters. The second-order valence-electron chi connectivity index (χ2n) is 12.6. The normalized spacial score (nSPS) is 22.2. The van der Waals surface area contributed by atoms with E-state index in [9.17, 15) is 18.3 Å². The summed E-state index contributed by atoms with van der Waals surface area (Å²) < 4.78 is 33.8. The Labute approximate surface area is 249 Å². The number of aliphatic hydroxyl groups is 1. The fourth-order valence-corrected chi connectivity index (χ4v) is 7.39. The average molecular weight is 598 g/mol. The first-order chi connectivity index (χ1) is 20.1. The fourth-order valence-electron chi connectivity index (χ4n) is 6.54. The maximum atomic E-state index is 13.9. The molecular formula is C31H43N5O5S. The monoisotopic (exact) mass is 597 g/mol. The molecule has 0 radical (unpaired) electrons. The van der Waals surface area contributed by atoms with E-state index in [0.29, 0.717) is 29.0 Å². The Morgan fingerprint density at radius 3 is 2.52 bits per heavy atom. The van der Waals surface area contributed by atoms with Gasteiger partial charge in [-0.25, -0.2) is 8.42 Å². The number of rotatable bonds is 8. The maximum Gasteiger partial charge on any atom is 0.255 e. The number of aliphatic hydroxyl groups excluding tert-OH is 1. The van der Waals surface area contributed by atoms with Crippen molar-refractivity contribution in [3.05, 3.63) is 41.5 Å². The number of likely N-dealkylation sites (N-methyl/N-ethyl adjacent to an activating group) is 1. The number of sulfonamides is 1. The van der Waals surface area contributed by atoms with Crippen LogP contribution in [0.3, 0.4) is 0 Å². The molecule has 2 saturated heterocycles. The summed E-state index contributed by atoms with van der Waals surface area (Å²) in [5.74, 6) is -0.186. The molecule has 11 heteroatoms. The number of anilines is 5. The first kappa shape index (κ1) is 29.1. The fraction of sp³-hybridized carbons (Fsp3) is 0.581. The molecule has 3 heterocycles. The Kier molecular flexibility index (Phi) is 7.78. The summed E-state index contributed by atoms with van der Waals surface area (Å²) in [4.78, 5) is 20.7. The van der Waals surface area contributed by atoms with Gasteiger partial charge < -0.3 is 29.9 Å². The minimum atomic E-state index is -3.75. The highest BCUT2D eigenvalue weighted by Crippen LogP contribution is 2.54. The zero-order chi connectivity index (χ0) is 29.6. The van der Waals surface area contributed by atoms with Crippen molar-refractivity contribution < 1.29 is 23.1 Å². The molecular weight excluding hydrogens is 554 g/mol. The van der Waals surface area contributed by atoms with Gasteiger partial charge in [0, 0.05) is 45.3 Å². The number of ether oxygens (including phenoxy) is 1. The number of morpholine rings is 1. The zero-order valence-corrected chi connectivity index (χ0v) is 25.7. The number of hydrogen-bond acceptors (Lipinski definition) is 8. The van der Waals surface area contributed by atoms with E-state index in [0.717, 1.165) is 63.4 Å². The zero-order valence-electron chi connectivity index (χ0n) is 24.9. The lowest BCUT2D eigenvalue weighted by atomic mass is 9.93. The summed E-state index contributed by atoms with van der Waals surface area (Å²) >= 11 is 0. The molecule has 1 aliphatic carbocycles. The van der Waals surface area contributed by atoms with Gasteiger partial charge in [0.05, 0.1) is 47.8 Å². The lowest BCUT2D eigenvalue weighted by Gasteiger charge is -2.35. The standard InChI is InChI=1S/C31H43N5O5S/c1-21-19-36(14-15-41-21)28-17-24(16-23-6-11-34(3)29(23)28)30(38)32-26-5-4-25(33-42(39,40)22(2)20-37)18-27(26)35-12-9-31(7-8-31)10-13-35/h4-5,16-18,21-22,33,37H,6-15,19-20H2,1-3H3,(H,32,38)/t21-,22+/m1/s1. The molecule has 3 fully saturated rings. The van der Waals surface area contributed by atoms with Crippen molar-refractivity contribution in [2.24, 2.45) is 5.41 Å². The van der Waals surface area contributed by atoms with Crippen LogP contribution in [0.4, 0.5) is 28.4 Å². The molecule has 1 amide bonds. The number of carbonyl (C=O) groups excluding carboxylic acids is 1. The quantitative estimate of drug-likeness (QED) is 0.423. The van der Waals surface area contributed by atoms with Crippen molar-refractivity contribution in [1.29, 1.82) is 0 Å². The summed E-state index contributed by atoms with van der Waals surface area (Å²) in [6, 6.07) is 9.27. The molecule has 2 atom stereocenters. The maximum absolute atomic E-state index is 13.9. The van der Waals surface area contributed by atoms with Crippen molar-refractivity contribution in [2.45, 2.75) is 57.3 Å². The van der Waals surface area contributed by atoms with Gasteiger partial charge in [-0.2, -0.15) is 0 Å². The van der Waals surface area contributed by atoms with Crippen LogP contribution in [0.1, 0.15) is 55.5 Å². The van der Waals surface area contributed by atoms with Crippen LogP contribution in [0.2, 0.25) is 0 Å². The highest BCUT2D eigenvalue weighted by atomic mass is 32.2. The summed E-state index contributed by atoms with van der Waals surface area (Å²) in [5, 5.41) is 11.6. The summed E-state index contributed by atoms with van der Waals surface area (Å²) in [7, 11) is -1.65. The number of nitrogens with zero attached hydrogens (tertiary/aromatic N) is 3. The first-order valence-corrected chi connectivity index (χ1v) is 16.7. The van der Waals surface area contributed by atoms with Crippen molar-refractivity contribution in [2.75, 3.05) is 77.7 Å². The molecule has 42 heavy (non-hydrogen) atoms. The second-order valence-corrected chi connectivity index (χ2v) is 14.7. The Morgan fingerprint density at radius 2 is 1.83 bits per heavy atom. The Balaban J connectivity index is 1.30. The first-order valence-electron chi connectivity index (χ1n) is 15.1. The van der Waals surface area contributed by atoms with E-state index in [2.05, 4.69) is 38.7 Å². The molecule has 4 aliphatic rings. The van der Waals surface area contributed by atoms with E-state index in [4.69, 9.17) is 4.74 Å². The van der Waals surface area contributed by atoms with Crippen LogP contribution in [-0.4, -0.2) is 83.8 Å². The van der Waals surface area contributed by atoms with Crippen molar-refractivity contribution >= 4 is 44.4 Å². The van der Waals surface area contributed by atoms with Crippen molar-refractivity contribution in [1.82, 2.24) is 0 Å². The van der Waals surface area contributed by atoms with E-state index < -0.39 is 21.9 Å². The smallest absolute Gasteiger partial charge is 0.255 e. The third-order valence-corrected chi connectivity index (χ3v) is 11.3. The van der Waals surface area contributed by atoms with Gasteiger partial charge in [-0.3, -0.25) is 9.52 Å². The van der Waals surface area contributed by atoms with Gasteiger partial charge in [0.1, 0.15) is 5.25 Å². The minimum absolute atomic E-state index is 0.122. The highest BCUT2D eigenvalue weighted by molar-refractivity contribution is 7.93. The molecule has 0 aromatic heterocycles. The van der Waals surface area contributed by atoms with Crippen molar-refractivity contribution in [3.8, 4) is 0 Å². The Bertz CT molecular complexity index is 1450. The predicted octanol–water partition coefficient (Wildman–Crippen LogP) is 3.66. The molecule has 10 nitrogen and oxygen atoms in total. The SMILES string of the molecule is C[C@@H]1CN(c2cc(C(=O)Nc3ccc(NS(=O)(=O)[C@@H](C)CO)cc3N3CCC4(CC3)CC4)cc3c2N(C)CC3)CCO1. The summed E-state index contributed by atoms with van der Waals surface area (Å²) in [5.41, 5.74) is 6.40. The third-order valence-electron chi connectivity index (χ3n) is 9.53. The number of amides is 1. The molecule has 3 N–H and O–H groups in total. The average Bonchev–Trinajstić information content (AvgIpc) is 3.63. The van der Waals surface area contributed by atoms with E-state index in [1.165, 1.54) is 31.0 Å². The largest absolute Gasteiger partial charge is 0.395 e. The van der Waals surface area contributed by atoms with Crippen LogP contribution >= 0.6 is 0 Å². The van der Waals surface area contributed by atoms with Gasteiger partial charge in [0.15, 0.2) is 0 Å². The van der Waals surface area contributed by atoms with Crippen LogP contribution < -0.4 is 24.7 Å². The lowest BCUT2D eigenvalue weighted by Crippen LogP contribution is -2.41. The third kappa shape index (κ3) is 5.78. The number of carbonyl (C=O) groups is 1. The topological polar surface area (TPSA) is 114 Å². The van der Waals surface area contributed by atoms with Gasteiger partial charge in [0.25, 0.3) is 5.91 Å². The lowest BCUT2D eigenvalue weighted by molar-refractivity contribution is 0.0532. The van der Waals surface area contributed by atoms with Crippen LogP contribution in [-0.2, 0) is 21.2 Å². The van der Waals surface area contributed by atoms with Crippen LogP contribution in [0, 0.1) is 5.41 Å². The molecule has 3 aliphatic heterocycles. The molecule has 2 aromatic carbocycles. The predicted molar refractivity (Wildman–Crippen MR) is 168 cm³/mol. The second kappa shape index (κ2) is 11.2. The molecule has 0 bridgehead atoms. The van der Waals surface area contributed by atoms with Gasteiger partial charge in [-0.15, -0.1) is 0 Å². The summed E-state index contributed by atoms with van der Waals surface area (Å²) in [6.45, 7) is 7.93. The Morgan fingerprint density at radius 1 is 1.07 bits per heavy atom. The van der Waals surface area contributed by atoms with Gasteiger partial charge in [-0.05, 0) is 87.3 Å². The number of fused-ring (bicyclic) bond motifs is 1. The minimum Gasteiger partial charge on any atom is -0.395 e. The Hall–Kier alpha value is -3.02. The molecule has 1 spiro atoms. The van der Waals surface area contributed by atoms with Crippen LogP contribution in [0.25, 0.3) is 0 Å². The number of nitrogens with one attached hydrogen (secondary N) is 2. The van der Waals surface area contributed by atoms with Gasteiger partial charge in [0.2, 0.25) is 10.0 Å². The highest BCUT2D eigenvalue weighted by Gasteiger charge is 2.44. The van der Waals surface area contributed by atoms with E-state index in [-0.39, 0.29) is 12.0 Å². The van der Waals surface area contributed by atoms with E-state index in [1.54, 1.807) is 18.2 Å². The molecule has 2 aromatic rings. The summed E-state index contributed by atoms with van der Waals surface area (Å²) in [6.07, 6.45) is 5.76. The molecule has 1 saturated carbocycles. The molecule has 228 valence electrons. The van der Waals surface area contributed by atoms with E-state index >= 15 is 0 Å². The number of hydrogen-bond donors (Lipinski definition) is 3. The molecule has 6 rings (SSSR count). The van der Waals surface area contributed by atoms with Gasteiger partial charge >= 0.3 is 0 Å². The van der Waals surface area contributed by atoms with Gasteiger partial charge in [-0.1, -0.05) is 0 Å². The number of benzene rings is 2. The number of piperidine rings is 1. The van der Waals surface area contributed by atoms with Crippen LogP contribution in [0.5, 0.6) is 0 Å². The van der Waals surface area contributed by atoms with Crippen molar-refractivity contribution in [3.63, 3.8) is 0 Å². The van der Waals surface area contributed by atoms with Crippen LogP contribution in [0.15, 0.2) is 30.3 Å².